The first-order valence-electron chi connectivity index (χ1n) is 9.04. The van der Waals surface area contributed by atoms with E-state index in [1.807, 2.05) is 42.6 Å². The highest BCUT2D eigenvalue weighted by atomic mass is 32.1. The van der Waals surface area contributed by atoms with E-state index in [-0.39, 0.29) is 5.91 Å². The Balaban J connectivity index is 1.59. The first kappa shape index (κ1) is 18.1. The van der Waals surface area contributed by atoms with Crippen molar-refractivity contribution in [1.29, 1.82) is 0 Å². The Morgan fingerprint density at radius 2 is 2.18 bits per heavy atom. The standard InChI is InChI=1S/C20H20N6OS/c1-2-25(10-8-15-6-3-4-9-22-15)20(27)14-12-16(21)19-23-18(24-26(19)13-14)17-7-5-11-28-17/h3-7,9,11-13H,2,8,10,21H2,1H3. The summed E-state index contributed by atoms with van der Waals surface area (Å²) in [4.78, 5) is 24.6. The fourth-order valence-electron chi connectivity index (χ4n) is 3.02. The van der Waals surface area contributed by atoms with Gasteiger partial charge in [0.2, 0.25) is 0 Å². The van der Waals surface area contributed by atoms with E-state index in [1.165, 1.54) is 0 Å². The third kappa shape index (κ3) is 3.59. The van der Waals surface area contributed by atoms with Crippen molar-refractivity contribution in [3.63, 3.8) is 0 Å². The van der Waals surface area contributed by atoms with Gasteiger partial charge in [-0.25, -0.2) is 9.50 Å². The molecule has 4 rings (SSSR count). The summed E-state index contributed by atoms with van der Waals surface area (Å²) in [6.07, 6.45) is 4.16. The van der Waals surface area contributed by atoms with E-state index < -0.39 is 0 Å². The van der Waals surface area contributed by atoms with Gasteiger partial charge in [-0.3, -0.25) is 9.78 Å². The van der Waals surface area contributed by atoms with Crippen LogP contribution in [0.3, 0.4) is 0 Å². The van der Waals surface area contributed by atoms with Gasteiger partial charge in [0.25, 0.3) is 5.91 Å². The molecular weight excluding hydrogens is 372 g/mol. The number of hydrogen-bond donors (Lipinski definition) is 1. The minimum atomic E-state index is -0.0831. The van der Waals surface area contributed by atoms with Crippen LogP contribution < -0.4 is 5.73 Å². The van der Waals surface area contributed by atoms with Crippen molar-refractivity contribution in [1.82, 2.24) is 24.5 Å². The van der Waals surface area contributed by atoms with Gasteiger partial charge in [0, 0.05) is 37.6 Å². The van der Waals surface area contributed by atoms with Crippen LogP contribution in [-0.4, -0.2) is 43.5 Å². The molecule has 2 N–H and O–H groups in total. The first-order valence-corrected chi connectivity index (χ1v) is 9.92. The van der Waals surface area contributed by atoms with Crippen LogP contribution in [0.4, 0.5) is 5.69 Å². The van der Waals surface area contributed by atoms with Gasteiger partial charge < -0.3 is 10.6 Å². The molecular formula is C20H20N6OS. The topological polar surface area (TPSA) is 89.4 Å². The van der Waals surface area contributed by atoms with Crippen LogP contribution in [0.15, 0.2) is 54.2 Å². The van der Waals surface area contributed by atoms with Gasteiger partial charge in [-0.15, -0.1) is 16.4 Å². The summed E-state index contributed by atoms with van der Waals surface area (Å²) in [5.74, 6) is 0.522. The summed E-state index contributed by atoms with van der Waals surface area (Å²) >= 11 is 1.56. The molecule has 0 atom stereocenters. The number of nitrogens with two attached hydrogens (primary N) is 1. The van der Waals surface area contributed by atoms with E-state index in [0.29, 0.717) is 42.2 Å². The molecule has 142 valence electrons. The minimum absolute atomic E-state index is 0.0831. The molecule has 0 aliphatic carbocycles. The van der Waals surface area contributed by atoms with Gasteiger partial charge in [-0.2, -0.15) is 0 Å². The largest absolute Gasteiger partial charge is 0.396 e. The number of likely N-dealkylation sites (N-methyl/N-ethyl adjacent to an activating group) is 1. The molecule has 0 saturated heterocycles. The van der Waals surface area contributed by atoms with E-state index in [0.717, 1.165) is 10.6 Å². The predicted octanol–water partition coefficient (Wildman–Crippen LogP) is 3.14. The maximum absolute atomic E-state index is 13.0. The normalized spacial score (nSPS) is 11.0. The molecule has 0 spiro atoms. The fraction of sp³-hybridized carbons (Fsp3) is 0.200. The third-order valence-corrected chi connectivity index (χ3v) is 5.35. The van der Waals surface area contributed by atoms with Crippen molar-refractivity contribution >= 4 is 28.6 Å². The van der Waals surface area contributed by atoms with E-state index in [9.17, 15) is 4.79 Å². The molecule has 28 heavy (non-hydrogen) atoms. The summed E-state index contributed by atoms with van der Waals surface area (Å²) in [7, 11) is 0. The number of hydrogen-bond acceptors (Lipinski definition) is 6. The van der Waals surface area contributed by atoms with Crippen LogP contribution in [0, 0.1) is 0 Å². The second-order valence-electron chi connectivity index (χ2n) is 6.32. The molecule has 1 amide bonds. The number of thiophene rings is 1. The second-order valence-corrected chi connectivity index (χ2v) is 7.27. The van der Waals surface area contributed by atoms with Crippen LogP contribution in [-0.2, 0) is 6.42 Å². The van der Waals surface area contributed by atoms with Crippen LogP contribution in [0.5, 0.6) is 0 Å². The maximum atomic E-state index is 13.0. The van der Waals surface area contributed by atoms with Gasteiger partial charge in [0.1, 0.15) is 0 Å². The van der Waals surface area contributed by atoms with Gasteiger partial charge in [-0.05, 0) is 36.6 Å². The van der Waals surface area contributed by atoms with Crippen molar-refractivity contribution < 1.29 is 4.79 Å². The van der Waals surface area contributed by atoms with Crippen LogP contribution in [0.25, 0.3) is 16.3 Å². The van der Waals surface area contributed by atoms with Gasteiger partial charge >= 0.3 is 0 Å². The highest BCUT2D eigenvalue weighted by molar-refractivity contribution is 7.13. The lowest BCUT2D eigenvalue weighted by Crippen LogP contribution is -2.33. The van der Waals surface area contributed by atoms with Crippen molar-refractivity contribution in [2.75, 3.05) is 18.8 Å². The number of anilines is 1. The zero-order valence-electron chi connectivity index (χ0n) is 15.4. The quantitative estimate of drug-likeness (QED) is 0.544. The van der Waals surface area contributed by atoms with Crippen LogP contribution >= 0.6 is 11.3 Å². The number of fused-ring (bicyclic) bond motifs is 1. The SMILES string of the molecule is CCN(CCc1ccccn1)C(=O)c1cc(N)c2nc(-c3cccs3)nn2c1. The Morgan fingerprint density at radius 1 is 1.29 bits per heavy atom. The average Bonchev–Trinajstić information content (AvgIpc) is 3.39. The van der Waals surface area contributed by atoms with E-state index in [4.69, 9.17) is 5.73 Å². The van der Waals surface area contributed by atoms with Gasteiger partial charge in [-0.1, -0.05) is 12.1 Å². The number of carbonyl (C=O) groups is 1. The summed E-state index contributed by atoms with van der Waals surface area (Å²) in [5, 5.41) is 6.47. The van der Waals surface area contributed by atoms with Crippen molar-refractivity contribution in [2.45, 2.75) is 13.3 Å². The Morgan fingerprint density at radius 3 is 2.89 bits per heavy atom. The summed E-state index contributed by atoms with van der Waals surface area (Å²) in [6, 6.07) is 11.4. The number of carbonyl (C=O) groups excluding carboxylic acids is 1. The molecule has 0 aliphatic heterocycles. The fourth-order valence-corrected chi connectivity index (χ4v) is 3.67. The molecule has 0 unspecified atom stereocenters. The molecule has 0 aromatic carbocycles. The predicted molar refractivity (Wildman–Crippen MR) is 110 cm³/mol. The number of nitrogens with zero attached hydrogens (tertiary/aromatic N) is 5. The van der Waals surface area contributed by atoms with Crippen molar-refractivity contribution in [2.24, 2.45) is 0 Å². The molecule has 4 aromatic rings. The summed E-state index contributed by atoms with van der Waals surface area (Å²) in [5.41, 5.74) is 8.61. The third-order valence-electron chi connectivity index (χ3n) is 4.48. The zero-order valence-corrected chi connectivity index (χ0v) is 16.3. The van der Waals surface area contributed by atoms with E-state index >= 15 is 0 Å². The number of rotatable bonds is 6. The molecule has 4 aromatic heterocycles. The van der Waals surface area contributed by atoms with Gasteiger partial charge in [0.05, 0.1) is 16.1 Å². The maximum Gasteiger partial charge on any atom is 0.255 e. The molecule has 0 aliphatic rings. The number of pyridine rings is 2. The molecule has 7 nitrogen and oxygen atoms in total. The highest BCUT2D eigenvalue weighted by Crippen LogP contribution is 2.24. The highest BCUT2D eigenvalue weighted by Gasteiger charge is 2.18. The molecule has 4 heterocycles. The monoisotopic (exact) mass is 392 g/mol. The number of amides is 1. The second kappa shape index (κ2) is 7.77. The molecule has 8 heteroatoms. The summed E-state index contributed by atoms with van der Waals surface area (Å²) < 4.78 is 1.59. The number of aromatic nitrogens is 4. The lowest BCUT2D eigenvalue weighted by Gasteiger charge is -2.21. The first-order chi connectivity index (χ1) is 13.7. The zero-order chi connectivity index (χ0) is 19.5. The Bertz CT molecular complexity index is 1090. The van der Waals surface area contributed by atoms with Crippen LogP contribution in [0.2, 0.25) is 0 Å². The number of nitrogen functional groups attached to an aromatic ring is 1. The Kier molecular flexibility index (Phi) is 5.03. The Hall–Kier alpha value is -3.26. The molecule has 0 radical (unpaired) electrons. The van der Waals surface area contributed by atoms with Gasteiger partial charge in [0.15, 0.2) is 11.5 Å². The van der Waals surface area contributed by atoms with E-state index in [1.54, 1.807) is 39.2 Å². The molecule has 0 bridgehead atoms. The lowest BCUT2D eigenvalue weighted by atomic mass is 10.2. The van der Waals surface area contributed by atoms with E-state index in [2.05, 4.69) is 15.1 Å². The van der Waals surface area contributed by atoms with Crippen molar-refractivity contribution in [3.8, 4) is 10.7 Å². The van der Waals surface area contributed by atoms with Crippen LogP contribution in [0.1, 0.15) is 23.0 Å². The smallest absolute Gasteiger partial charge is 0.255 e. The lowest BCUT2D eigenvalue weighted by molar-refractivity contribution is 0.0765. The van der Waals surface area contributed by atoms with Crippen molar-refractivity contribution in [3.05, 3.63) is 65.4 Å². The molecule has 0 fully saturated rings. The average molecular weight is 392 g/mol. The Labute approximate surface area is 166 Å². The summed E-state index contributed by atoms with van der Waals surface area (Å²) in [6.45, 7) is 3.14. The minimum Gasteiger partial charge on any atom is -0.396 e. The molecule has 0 saturated carbocycles.